The summed E-state index contributed by atoms with van der Waals surface area (Å²) in [5.41, 5.74) is 5.00. The van der Waals surface area contributed by atoms with E-state index >= 15 is 0 Å². The van der Waals surface area contributed by atoms with Crippen LogP contribution in [0.15, 0.2) is 41.0 Å². The molecular weight excluding hydrogens is 280 g/mol. The lowest BCUT2D eigenvalue weighted by molar-refractivity contribution is 0.541. The number of rotatable bonds is 4. The van der Waals surface area contributed by atoms with Crippen molar-refractivity contribution in [2.24, 2.45) is 12.9 Å². The maximum atomic E-state index is 5.61. The minimum absolute atomic E-state index is 0.0717. The predicted molar refractivity (Wildman–Crippen MR) is 71.1 cm³/mol. The molecule has 0 fully saturated rings. The average Bonchev–Trinajstić information content (AvgIpc) is 2.72. The highest BCUT2D eigenvalue weighted by molar-refractivity contribution is 9.10. The van der Waals surface area contributed by atoms with Gasteiger partial charge in [-0.05, 0) is 23.8 Å². The van der Waals surface area contributed by atoms with Crippen LogP contribution in [0.3, 0.4) is 0 Å². The molecule has 2 aromatic rings. The maximum absolute atomic E-state index is 5.61. The van der Waals surface area contributed by atoms with Gasteiger partial charge in [0.1, 0.15) is 0 Å². The van der Waals surface area contributed by atoms with Crippen LogP contribution in [0.25, 0.3) is 0 Å². The van der Waals surface area contributed by atoms with E-state index in [0.29, 0.717) is 0 Å². The van der Waals surface area contributed by atoms with Gasteiger partial charge in [0.05, 0.1) is 11.7 Å². The Morgan fingerprint density at radius 2 is 2.29 bits per heavy atom. The maximum Gasteiger partial charge on any atom is 0.0643 e. The molecule has 1 aromatic carbocycles. The number of aryl methyl sites for hydroxylation is 1. The van der Waals surface area contributed by atoms with E-state index in [-0.39, 0.29) is 6.04 Å². The fourth-order valence-corrected chi connectivity index (χ4v) is 2.19. The van der Waals surface area contributed by atoms with Gasteiger partial charge in [-0.15, -0.1) is 0 Å². The van der Waals surface area contributed by atoms with Crippen LogP contribution in [0.1, 0.15) is 17.3 Å². The van der Waals surface area contributed by atoms with E-state index in [1.807, 2.05) is 31.4 Å². The molecular formula is C12H15BrN4. The molecule has 0 aliphatic heterocycles. The summed E-state index contributed by atoms with van der Waals surface area (Å²) < 4.78 is 2.85. The van der Waals surface area contributed by atoms with Crippen molar-refractivity contribution < 1.29 is 0 Å². The molecule has 90 valence electrons. The quantitative estimate of drug-likeness (QED) is 0.669. The third-order valence-corrected chi connectivity index (χ3v) is 3.13. The van der Waals surface area contributed by atoms with E-state index in [0.717, 1.165) is 22.2 Å². The Morgan fingerprint density at radius 1 is 1.47 bits per heavy atom. The van der Waals surface area contributed by atoms with Gasteiger partial charge < -0.3 is 0 Å². The van der Waals surface area contributed by atoms with Gasteiger partial charge in [-0.1, -0.05) is 28.1 Å². The number of aromatic nitrogens is 2. The first-order valence-corrected chi connectivity index (χ1v) is 6.18. The van der Waals surface area contributed by atoms with Crippen LogP contribution in [-0.4, -0.2) is 9.78 Å². The van der Waals surface area contributed by atoms with Gasteiger partial charge >= 0.3 is 0 Å². The molecule has 0 saturated heterocycles. The zero-order valence-corrected chi connectivity index (χ0v) is 11.2. The zero-order chi connectivity index (χ0) is 12.3. The van der Waals surface area contributed by atoms with Crippen molar-refractivity contribution in [3.8, 4) is 0 Å². The fraction of sp³-hybridized carbons (Fsp3) is 0.250. The summed E-state index contributed by atoms with van der Waals surface area (Å²) in [6.07, 6.45) is 2.71. The van der Waals surface area contributed by atoms with Gasteiger partial charge in [-0.2, -0.15) is 5.10 Å². The number of nitrogens with one attached hydrogen (secondary N) is 1. The molecule has 17 heavy (non-hydrogen) atoms. The highest BCUT2D eigenvalue weighted by Gasteiger charge is 2.12. The fourth-order valence-electron chi connectivity index (χ4n) is 1.78. The molecule has 0 saturated carbocycles. The standard InChI is InChI=1S/C12H15BrN4/c1-17-6-5-11(16-17)8-12(15-14)9-3-2-4-10(13)7-9/h2-7,12,15H,8,14H2,1H3. The predicted octanol–water partition coefficient (Wildman–Crippen LogP) is 1.93. The van der Waals surface area contributed by atoms with E-state index in [4.69, 9.17) is 5.84 Å². The van der Waals surface area contributed by atoms with Crippen molar-refractivity contribution in [1.82, 2.24) is 15.2 Å². The van der Waals surface area contributed by atoms with Crippen LogP contribution in [0.2, 0.25) is 0 Å². The second kappa shape index (κ2) is 5.44. The lowest BCUT2D eigenvalue weighted by atomic mass is 10.0. The SMILES string of the molecule is Cn1ccc(CC(NN)c2cccc(Br)c2)n1. The third kappa shape index (κ3) is 3.15. The first kappa shape index (κ1) is 12.3. The largest absolute Gasteiger partial charge is 0.276 e. The number of hydrogen-bond donors (Lipinski definition) is 2. The zero-order valence-electron chi connectivity index (χ0n) is 9.60. The number of hydrogen-bond acceptors (Lipinski definition) is 3. The van der Waals surface area contributed by atoms with Gasteiger partial charge in [-0.25, -0.2) is 0 Å². The number of nitrogens with two attached hydrogens (primary N) is 1. The molecule has 1 atom stereocenters. The molecule has 2 rings (SSSR count). The van der Waals surface area contributed by atoms with Crippen molar-refractivity contribution >= 4 is 15.9 Å². The number of halogens is 1. The molecule has 0 aliphatic rings. The van der Waals surface area contributed by atoms with Gasteiger partial charge in [0, 0.05) is 24.1 Å². The number of nitrogens with zero attached hydrogens (tertiary/aromatic N) is 2. The molecule has 0 amide bonds. The lowest BCUT2D eigenvalue weighted by Gasteiger charge is -2.15. The molecule has 0 aliphatic carbocycles. The minimum atomic E-state index is 0.0717. The lowest BCUT2D eigenvalue weighted by Crippen LogP contribution is -2.29. The third-order valence-electron chi connectivity index (χ3n) is 2.63. The topological polar surface area (TPSA) is 55.9 Å². The summed E-state index contributed by atoms with van der Waals surface area (Å²) in [7, 11) is 1.91. The van der Waals surface area contributed by atoms with E-state index in [9.17, 15) is 0 Å². The monoisotopic (exact) mass is 294 g/mol. The van der Waals surface area contributed by atoms with Crippen LogP contribution in [0, 0.1) is 0 Å². The molecule has 4 nitrogen and oxygen atoms in total. The van der Waals surface area contributed by atoms with E-state index in [1.54, 1.807) is 4.68 Å². The first-order chi connectivity index (χ1) is 8.19. The van der Waals surface area contributed by atoms with Gasteiger partial charge in [0.2, 0.25) is 0 Å². The highest BCUT2D eigenvalue weighted by Crippen LogP contribution is 2.20. The van der Waals surface area contributed by atoms with E-state index in [1.165, 1.54) is 0 Å². The summed E-state index contributed by atoms with van der Waals surface area (Å²) in [4.78, 5) is 0. The van der Waals surface area contributed by atoms with Crippen molar-refractivity contribution in [3.63, 3.8) is 0 Å². The Hall–Kier alpha value is -1.17. The second-order valence-electron chi connectivity index (χ2n) is 3.96. The molecule has 0 radical (unpaired) electrons. The number of benzene rings is 1. The van der Waals surface area contributed by atoms with Crippen molar-refractivity contribution in [1.29, 1.82) is 0 Å². The molecule has 5 heteroatoms. The first-order valence-electron chi connectivity index (χ1n) is 5.39. The van der Waals surface area contributed by atoms with E-state index in [2.05, 4.69) is 38.6 Å². The Balaban J connectivity index is 2.16. The van der Waals surface area contributed by atoms with Crippen molar-refractivity contribution in [3.05, 3.63) is 52.3 Å². The van der Waals surface area contributed by atoms with Gasteiger partial charge in [0.25, 0.3) is 0 Å². The Morgan fingerprint density at radius 3 is 2.88 bits per heavy atom. The summed E-state index contributed by atoms with van der Waals surface area (Å²) >= 11 is 3.46. The molecule has 1 heterocycles. The van der Waals surface area contributed by atoms with Crippen LogP contribution >= 0.6 is 15.9 Å². The Labute approximate surface area is 109 Å². The van der Waals surface area contributed by atoms with Crippen LogP contribution in [0.5, 0.6) is 0 Å². The number of hydrazine groups is 1. The van der Waals surface area contributed by atoms with Gasteiger partial charge in [0.15, 0.2) is 0 Å². The normalized spacial score (nSPS) is 12.6. The van der Waals surface area contributed by atoms with Crippen molar-refractivity contribution in [2.45, 2.75) is 12.5 Å². The summed E-state index contributed by atoms with van der Waals surface area (Å²) in [6.45, 7) is 0. The highest BCUT2D eigenvalue weighted by atomic mass is 79.9. The summed E-state index contributed by atoms with van der Waals surface area (Å²) in [5, 5.41) is 4.36. The van der Waals surface area contributed by atoms with Crippen LogP contribution < -0.4 is 11.3 Å². The molecule has 0 bridgehead atoms. The van der Waals surface area contributed by atoms with Crippen LogP contribution in [0.4, 0.5) is 0 Å². The van der Waals surface area contributed by atoms with Crippen molar-refractivity contribution in [2.75, 3.05) is 0 Å². The van der Waals surface area contributed by atoms with Gasteiger partial charge in [-0.3, -0.25) is 16.0 Å². The Kier molecular flexibility index (Phi) is 3.93. The Bertz CT molecular complexity index is 495. The molecule has 1 unspecified atom stereocenters. The average molecular weight is 295 g/mol. The minimum Gasteiger partial charge on any atom is -0.276 e. The van der Waals surface area contributed by atoms with E-state index < -0.39 is 0 Å². The molecule has 0 spiro atoms. The molecule has 3 N–H and O–H groups in total. The molecule has 1 aromatic heterocycles. The van der Waals surface area contributed by atoms with Crippen LogP contribution in [-0.2, 0) is 13.5 Å². The second-order valence-corrected chi connectivity index (χ2v) is 4.87. The smallest absolute Gasteiger partial charge is 0.0643 e. The summed E-state index contributed by atoms with van der Waals surface area (Å²) in [5.74, 6) is 5.61. The summed E-state index contributed by atoms with van der Waals surface area (Å²) in [6, 6.07) is 10.2.